The number of aryl methyl sites for hydroxylation is 1. The van der Waals surface area contributed by atoms with Crippen LogP contribution in [0.15, 0.2) is 6.33 Å². The van der Waals surface area contributed by atoms with Crippen molar-refractivity contribution in [2.75, 3.05) is 13.1 Å². The predicted octanol–water partition coefficient (Wildman–Crippen LogP) is 2.89. The van der Waals surface area contributed by atoms with Gasteiger partial charge in [-0.15, -0.1) is 0 Å². The molecule has 2 rings (SSSR count). The van der Waals surface area contributed by atoms with Gasteiger partial charge in [0.15, 0.2) is 0 Å². The van der Waals surface area contributed by atoms with Gasteiger partial charge in [0, 0.05) is 13.0 Å². The van der Waals surface area contributed by atoms with Gasteiger partial charge in [0.05, 0.1) is 0 Å². The zero-order valence-corrected chi connectivity index (χ0v) is 13.3. The Labute approximate surface area is 123 Å². The van der Waals surface area contributed by atoms with Gasteiger partial charge in [-0.05, 0) is 50.1 Å². The molecule has 114 valence electrons. The van der Waals surface area contributed by atoms with Gasteiger partial charge in [0.1, 0.15) is 12.2 Å². The van der Waals surface area contributed by atoms with E-state index in [1.807, 2.05) is 0 Å². The Balaban J connectivity index is 1.85. The third kappa shape index (κ3) is 4.30. The topological polar surface area (TPSA) is 42.7 Å². The standard InChI is InChI=1S/C16H30N4/c1-4-8-20-16(18-12-19-20)9-14-6-5-7-15(14)11-17-10-13(2)3/h12-15,17H,4-11H2,1-3H3. The molecular formula is C16H30N4. The Morgan fingerprint density at radius 3 is 2.90 bits per heavy atom. The maximum absolute atomic E-state index is 4.47. The van der Waals surface area contributed by atoms with Crippen molar-refractivity contribution in [3.8, 4) is 0 Å². The molecule has 0 aliphatic heterocycles. The van der Waals surface area contributed by atoms with Gasteiger partial charge in [-0.25, -0.2) is 4.98 Å². The molecule has 1 aliphatic carbocycles. The molecule has 1 N–H and O–H groups in total. The third-order valence-electron chi connectivity index (χ3n) is 4.35. The van der Waals surface area contributed by atoms with Gasteiger partial charge in [0.2, 0.25) is 0 Å². The predicted molar refractivity (Wildman–Crippen MR) is 82.6 cm³/mol. The molecule has 1 fully saturated rings. The van der Waals surface area contributed by atoms with Crippen LogP contribution in [0.25, 0.3) is 0 Å². The van der Waals surface area contributed by atoms with E-state index in [0.29, 0.717) is 0 Å². The minimum absolute atomic E-state index is 0.738. The molecule has 2 atom stereocenters. The summed E-state index contributed by atoms with van der Waals surface area (Å²) in [4.78, 5) is 4.47. The number of hydrogen-bond acceptors (Lipinski definition) is 3. The Morgan fingerprint density at radius 1 is 1.35 bits per heavy atom. The molecule has 2 unspecified atom stereocenters. The summed E-state index contributed by atoms with van der Waals surface area (Å²) in [5.74, 6) is 3.53. The van der Waals surface area contributed by atoms with Crippen LogP contribution in [0.5, 0.6) is 0 Å². The average Bonchev–Trinajstić information content (AvgIpc) is 3.01. The molecule has 4 nitrogen and oxygen atoms in total. The number of rotatable bonds is 8. The lowest BCUT2D eigenvalue weighted by molar-refractivity contribution is 0.347. The van der Waals surface area contributed by atoms with Gasteiger partial charge >= 0.3 is 0 Å². The molecular weight excluding hydrogens is 248 g/mol. The fourth-order valence-corrected chi connectivity index (χ4v) is 3.29. The third-order valence-corrected chi connectivity index (χ3v) is 4.35. The molecule has 0 radical (unpaired) electrons. The Morgan fingerprint density at radius 2 is 2.15 bits per heavy atom. The van der Waals surface area contributed by atoms with Gasteiger partial charge < -0.3 is 5.32 Å². The average molecular weight is 278 g/mol. The molecule has 1 aliphatic rings. The zero-order chi connectivity index (χ0) is 14.4. The van der Waals surface area contributed by atoms with Crippen LogP contribution in [0.2, 0.25) is 0 Å². The monoisotopic (exact) mass is 278 g/mol. The van der Waals surface area contributed by atoms with Crippen molar-refractivity contribution in [2.45, 2.75) is 59.4 Å². The van der Waals surface area contributed by atoms with E-state index in [4.69, 9.17) is 0 Å². The van der Waals surface area contributed by atoms with Crippen LogP contribution < -0.4 is 5.32 Å². The van der Waals surface area contributed by atoms with Crippen molar-refractivity contribution in [1.29, 1.82) is 0 Å². The van der Waals surface area contributed by atoms with Gasteiger partial charge in [-0.1, -0.05) is 27.2 Å². The second-order valence-electron chi connectivity index (χ2n) is 6.61. The van der Waals surface area contributed by atoms with E-state index in [9.17, 15) is 0 Å². The lowest BCUT2D eigenvalue weighted by atomic mass is 9.92. The highest BCUT2D eigenvalue weighted by Crippen LogP contribution is 2.33. The van der Waals surface area contributed by atoms with Gasteiger partial charge in [0.25, 0.3) is 0 Å². The highest BCUT2D eigenvalue weighted by molar-refractivity contribution is 4.92. The minimum Gasteiger partial charge on any atom is -0.316 e. The molecule has 20 heavy (non-hydrogen) atoms. The maximum atomic E-state index is 4.47. The first-order valence-electron chi connectivity index (χ1n) is 8.28. The summed E-state index contributed by atoms with van der Waals surface area (Å²) in [7, 11) is 0. The van der Waals surface area contributed by atoms with Crippen LogP contribution in [-0.2, 0) is 13.0 Å². The number of nitrogens with zero attached hydrogens (tertiary/aromatic N) is 3. The van der Waals surface area contributed by atoms with Crippen LogP contribution in [-0.4, -0.2) is 27.9 Å². The van der Waals surface area contributed by atoms with E-state index in [1.165, 1.54) is 31.6 Å². The second kappa shape index (κ2) is 7.77. The lowest BCUT2D eigenvalue weighted by Crippen LogP contribution is -2.29. The van der Waals surface area contributed by atoms with Crippen molar-refractivity contribution < 1.29 is 0 Å². The molecule has 0 aromatic carbocycles. The molecule has 0 saturated heterocycles. The van der Waals surface area contributed by atoms with E-state index in [2.05, 4.69) is 40.9 Å². The fraction of sp³-hybridized carbons (Fsp3) is 0.875. The van der Waals surface area contributed by atoms with E-state index in [1.54, 1.807) is 6.33 Å². The van der Waals surface area contributed by atoms with Crippen molar-refractivity contribution in [2.24, 2.45) is 17.8 Å². The summed E-state index contributed by atoms with van der Waals surface area (Å²) in [6, 6.07) is 0. The van der Waals surface area contributed by atoms with Crippen LogP contribution >= 0.6 is 0 Å². The van der Waals surface area contributed by atoms with E-state index < -0.39 is 0 Å². The smallest absolute Gasteiger partial charge is 0.138 e. The highest BCUT2D eigenvalue weighted by atomic mass is 15.3. The van der Waals surface area contributed by atoms with Crippen molar-refractivity contribution in [3.05, 3.63) is 12.2 Å². The van der Waals surface area contributed by atoms with E-state index in [0.717, 1.165) is 43.7 Å². The van der Waals surface area contributed by atoms with Gasteiger partial charge in [-0.2, -0.15) is 5.10 Å². The molecule has 1 aromatic heterocycles. The number of aromatic nitrogens is 3. The highest BCUT2D eigenvalue weighted by Gasteiger charge is 2.28. The Kier molecular flexibility index (Phi) is 6.02. The molecule has 0 spiro atoms. The molecule has 1 aromatic rings. The van der Waals surface area contributed by atoms with Crippen LogP contribution in [0.4, 0.5) is 0 Å². The SMILES string of the molecule is CCCn1ncnc1CC1CCCC1CNCC(C)C. The Bertz CT molecular complexity index is 386. The van der Waals surface area contributed by atoms with Crippen LogP contribution in [0, 0.1) is 17.8 Å². The Hall–Kier alpha value is -0.900. The summed E-state index contributed by atoms with van der Waals surface area (Å²) in [5, 5.41) is 7.98. The maximum Gasteiger partial charge on any atom is 0.138 e. The molecule has 1 heterocycles. The number of nitrogens with one attached hydrogen (secondary N) is 1. The summed E-state index contributed by atoms with van der Waals surface area (Å²) >= 11 is 0. The molecule has 0 bridgehead atoms. The zero-order valence-electron chi connectivity index (χ0n) is 13.3. The normalized spacial score (nSPS) is 22.8. The molecule has 1 saturated carbocycles. The number of hydrogen-bond donors (Lipinski definition) is 1. The lowest BCUT2D eigenvalue weighted by Gasteiger charge is -2.20. The van der Waals surface area contributed by atoms with E-state index >= 15 is 0 Å². The summed E-state index contributed by atoms with van der Waals surface area (Å²) < 4.78 is 2.09. The molecule has 4 heteroatoms. The minimum atomic E-state index is 0.738. The fourth-order valence-electron chi connectivity index (χ4n) is 3.29. The van der Waals surface area contributed by atoms with E-state index in [-0.39, 0.29) is 0 Å². The second-order valence-corrected chi connectivity index (χ2v) is 6.61. The molecule has 0 amide bonds. The first-order chi connectivity index (χ1) is 9.70. The van der Waals surface area contributed by atoms with Gasteiger partial charge in [-0.3, -0.25) is 4.68 Å². The largest absolute Gasteiger partial charge is 0.316 e. The first kappa shape index (κ1) is 15.5. The van der Waals surface area contributed by atoms with Crippen LogP contribution in [0.3, 0.4) is 0 Å². The summed E-state index contributed by atoms with van der Waals surface area (Å²) in [5.41, 5.74) is 0. The first-order valence-corrected chi connectivity index (χ1v) is 8.28. The summed E-state index contributed by atoms with van der Waals surface area (Å²) in [6.45, 7) is 10.0. The van der Waals surface area contributed by atoms with Crippen LogP contribution in [0.1, 0.15) is 52.3 Å². The van der Waals surface area contributed by atoms with Crippen molar-refractivity contribution >= 4 is 0 Å². The quantitative estimate of drug-likeness (QED) is 0.795. The summed E-state index contributed by atoms with van der Waals surface area (Å²) in [6.07, 6.45) is 8.05. The van der Waals surface area contributed by atoms with Crippen molar-refractivity contribution in [1.82, 2.24) is 20.1 Å². The van der Waals surface area contributed by atoms with Crippen molar-refractivity contribution in [3.63, 3.8) is 0 Å².